The summed E-state index contributed by atoms with van der Waals surface area (Å²) in [6.45, 7) is 0. The summed E-state index contributed by atoms with van der Waals surface area (Å²) in [7, 11) is 1.30. The summed E-state index contributed by atoms with van der Waals surface area (Å²) >= 11 is 8.32. The van der Waals surface area contributed by atoms with Crippen LogP contribution < -0.4 is 16.0 Å². The molecule has 13 heteroatoms. The molecule has 0 radical (unpaired) electrons. The van der Waals surface area contributed by atoms with Crippen molar-refractivity contribution in [1.82, 2.24) is 10.2 Å². The number of rotatable bonds is 7. The molecule has 41 heavy (non-hydrogen) atoms. The van der Waals surface area contributed by atoms with Gasteiger partial charge in [0.15, 0.2) is 10.1 Å². The molecule has 1 aromatic heterocycles. The molecule has 3 N–H and O–H groups in total. The van der Waals surface area contributed by atoms with Gasteiger partial charge in [-0.25, -0.2) is 4.79 Å². The Morgan fingerprint density at radius 1 is 1.20 bits per heavy atom. The van der Waals surface area contributed by atoms with Crippen molar-refractivity contribution in [3.05, 3.63) is 87.3 Å². The number of methoxy groups -OCH3 is 1. The molecule has 208 valence electrons. The van der Waals surface area contributed by atoms with Crippen LogP contribution >= 0.6 is 34.7 Å². The first-order chi connectivity index (χ1) is 19.8. The summed E-state index contributed by atoms with van der Waals surface area (Å²) < 4.78 is 5.31. The van der Waals surface area contributed by atoms with E-state index in [0.717, 1.165) is 0 Å². The highest BCUT2D eigenvalue weighted by Crippen LogP contribution is 2.47. The molecular weight excluding hydrogens is 584 g/mol. The second kappa shape index (κ2) is 12.1. The Balaban J connectivity index is 1.42. The highest BCUT2D eigenvalue weighted by Gasteiger charge is 2.41. The van der Waals surface area contributed by atoms with Crippen LogP contribution in [0.1, 0.15) is 41.1 Å². The van der Waals surface area contributed by atoms with Crippen molar-refractivity contribution in [2.24, 2.45) is 5.73 Å². The zero-order chi connectivity index (χ0) is 29.1. The third-order valence-corrected chi connectivity index (χ3v) is 8.91. The predicted octanol–water partition coefficient (Wildman–Crippen LogP) is 5.01. The average molecular weight is 607 g/mol. The van der Waals surface area contributed by atoms with Crippen LogP contribution in [-0.2, 0) is 14.3 Å². The number of nitrogens with zero attached hydrogens (tertiary/aromatic N) is 4. The largest absolute Gasteiger partial charge is 0.465 e. The maximum atomic E-state index is 13.3. The smallest absolute Gasteiger partial charge is 0.337 e. The fraction of sp³-hybridized carbons (Fsp3) is 0.214. The Labute approximate surface area is 248 Å². The molecule has 2 heterocycles. The van der Waals surface area contributed by atoms with Crippen LogP contribution in [0.25, 0.3) is 0 Å². The molecule has 2 aromatic carbocycles. The van der Waals surface area contributed by atoms with E-state index in [1.54, 1.807) is 53.4 Å². The summed E-state index contributed by atoms with van der Waals surface area (Å²) in [5.74, 6) is -1.19. The monoisotopic (exact) mass is 606 g/mol. The van der Waals surface area contributed by atoms with Gasteiger partial charge in [0, 0.05) is 28.4 Å². The highest BCUT2D eigenvalue weighted by molar-refractivity contribution is 8.01. The van der Waals surface area contributed by atoms with E-state index in [9.17, 15) is 19.6 Å². The number of thioether (sulfide) groups is 1. The zero-order valence-electron chi connectivity index (χ0n) is 21.7. The number of esters is 1. The first-order valence-corrected chi connectivity index (χ1v) is 14.6. The van der Waals surface area contributed by atoms with E-state index in [0.29, 0.717) is 61.8 Å². The van der Waals surface area contributed by atoms with Gasteiger partial charge in [-0.05, 0) is 54.8 Å². The lowest BCUT2D eigenvalue weighted by Gasteiger charge is -2.38. The second-order valence-corrected chi connectivity index (χ2v) is 11.7. The average Bonchev–Trinajstić information content (AvgIpc) is 3.45. The molecule has 0 fully saturated rings. The Morgan fingerprint density at radius 3 is 2.61 bits per heavy atom. The summed E-state index contributed by atoms with van der Waals surface area (Å²) in [6.07, 6.45) is 1.54. The number of Topliss-reactive ketones (excluding diaryl/α,β-unsaturated/α-hetero) is 1. The number of allylic oxidation sites excluding steroid dienone is 3. The fourth-order valence-electron chi connectivity index (χ4n) is 4.78. The zero-order valence-corrected chi connectivity index (χ0v) is 24.1. The van der Waals surface area contributed by atoms with E-state index in [-0.39, 0.29) is 28.8 Å². The van der Waals surface area contributed by atoms with Gasteiger partial charge in [-0.2, -0.15) is 5.26 Å². The minimum atomic E-state index is -0.677. The van der Waals surface area contributed by atoms with Crippen molar-refractivity contribution in [3.8, 4) is 6.07 Å². The number of ketones is 1. The minimum absolute atomic E-state index is 0.0727. The molecule has 0 spiro atoms. The number of ether oxygens (including phenoxy) is 1. The Kier molecular flexibility index (Phi) is 8.39. The van der Waals surface area contributed by atoms with E-state index in [1.165, 1.54) is 30.2 Å². The first kappa shape index (κ1) is 28.4. The Hall–Kier alpha value is -4.18. The summed E-state index contributed by atoms with van der Waals surface area (Å²) in [4.78, 5) is 39.3. The molecule has 1 amide bonds. The van der Waals surface area contributed by atoms with Crippen LogP contribution in [0.5, 0.6) is 0 Å². The van der Waals surface area contributed by atoms with Crippen molar-refractivity contribution in [1.29, 1.82) is 5.26 Å². The lowest BCUT2D eigenvalue weighted by Crippen LogP contribution is -2.38. The summed E-state index contributed by atoms with van der Waals surface area (Å²) in [5.41, 5.74) is 9.61. The van der Waals surface area contributed by atoms with Gasteiger partial charge in [-0.15, -0.1) is 10.2 Å². The molecular formula is C28H23ClN6O4S2. The van der Waals surface area contributed by atoms with E-state index in [1.807, 2.05) is 0 Å². The van der Waals surface area contributed by atoms with Gasteiger partial charge in [0.25, 0.3) is 0 Å². The normalized spacial score (nSPS) is 16.8. The molecule has 5 rings (SSSR count). The molecule has 0 bridgehead atoms. The number of amides is 1. The number of benzene rings is 2. The van der Waals surface area contributed by atoms with Crippen LogP contribution in [0, 0.1) is 11.3 Å². The number of nitriles is 1. The maximum absolute atomic E-state index is 13.3. The molecule has 10 nitrogen and oxygen atoms in total. The predicted molar refractivity (Wildman–Crippen MR) is 156 cm³/mol. The molecule has 3 aromatic rings. The molecule has 2 aliphatic rings. The van der Waals surface area contributed by atoms with E-state index in [4.69, 9.17) is 22.1 Å². The van der Waals surface area contributed by atoms with Gasteiger partial charge in [0.1, 0.15) is 5.82 Å². The number of nitrogens with two attached hydrogens (primary N) is 1. The quantitative estimate of drug-likeness (QED) is 0.277. The van der Waals surface area contributed by atoms with Crippen molar-refractivity contribution < 1.29 is 19.1 Å². The van der Waals surface area contributed by atoms with Crippen molar-refractivity contribution in [2.75, 3.05) is 23.1 Å². The third-order valence-electron chi connectivity index (χ3n) is 6.62. The van der Waals surface area contributed by atoms with Gasteiger partial charge in [0.05, 0.1) is 36.0 Å². The standard InChI is InChI=1S/C28H23ClN6O4S2/c1-39-26(38)16-7-5-15(6-8-16)23-19(13-30)25(31)35(20-3-2-4-21(36)24(20)23)27-33-34-28(41-27)40-14-22(37)32-18-11-9-17(29)10-12-18/h5-12,23H,2-4,14,31H2,1H3,(H,32,37). The lowest BCUT2D eigenvalue weighted by molar-refractivity contribution is -0.116. The molecule has 1 aliphatic heterocycles. The minimum Gasteiger partial charge on any atom is -0.465 e. The number of halogens is 1. The molecule has 1 aliphatic carbocycles. The van der Waals surface area contributed by atoms with E-state index < -0.39 is 11.9 Å². The molecule has 1 unspecified atom stereocenters. The van der Waals surface area contributed by atoms with Crippen LogP contribution in [0.15, 0.2) is 75.5 Å². The van der Waals surface area contributed by atoms with Crippen molar-refractivity contribution in [2.45, 2.75) is 29.5 Å². The maximum Gasteiger partial charge on any atom is 0.337 e. The molecule has 0 saturated heterocycles. The summed E-state index contributed by atoms with van der Waals surface area (Å²) in [6, 6.07) is 15.6. The number of anilines is 2. The molecule has 1 atom stereocenters. The van der Waals surface area contributed by atoms with Gasteiger partial charge < -0.3 is 15.8 Å². The van der Waals surface area contributed by atoms with E-state index in [2.05, 4.69) is 21.6 Å². The van der Waals surface area contributed by atoms with E-state index >= 15 is 0 Å². The fourth-order valence-corrected chi connectivity index (χ4v) is 6.58. The van der Waals surface area contributed by atoms with Gasteiger partial charge >= 0.3 is 5.97 Å². The van der Waals surface area contributed by atoms with Crippen LogP contribution in [0.2, 0.25) is 5.02 Å². The van der Waals surface area contributed by atoms with Crippen LogP contribution in [0.4, 0.5) is 10.8 Å². The van der Waals surface area contributed by atoms with Crippen molar-refractivity contribution in [3.63, 3.8) is 0 Å². The topological polar surface area (TPSA) is 151 Å². The van der Waals surface area contributed by atoms with Crippen LogP contribution in [-0.4, -0.2) is 40.7 Å². The Bertz CT molecular complexity index is 1630. The third kappa shape index (κ3) is 5.83. The van der Waals surface area contributed by atoms with Gasteiger partial charge in [0.2, 0.25) is 11.0 Å². The number of carbonyl (C=O) groups is 3. The number of carbonyl (C=O) groups excluding carboxylic acids is 3. The second-order valence-electron chi connectivity index (χ2n) is 9.12. The number of aromatic nitrogens is 2. The van der Waals surface area contributed by atoms with Gasteiger partial charge in [-0.1, -0.05) is 46.8 Å². The number of hydrogen-bond donors (Lipinski definition) is 2. The first-order valence-electron chi connectivity index (χ1n) is 12.5. The number of hydrogen-bond acceptors (Lipinski definition) is 11. The Morgan fingerprint density at radius 2 is 1.93 bits per heavy atom. The van der Waals surface area contributed by atoms with Crippen LogP contribution in [0.3, 0.4) is 0 Å². The highest BCUT2D eigenvalue weighted by atomic mass is 35.5. The lowest BCUT2D eigenvalue weighted by atomic mass is 9.75. The number of nitrogens with one attached hydrogen (secondary N) is 1. The molecule has 0 saturated carbocycles. The summed E-state index contributed by atoms with van der Waals surface area (Å²) in [5, 5.41) is 22.5. The SMILES string of the molecule is COC(=O)c1ccc(C2C(C#N)=C(N)N(c3nnc(SCC(=O)Nc4ccc(Cl)cc4)s3)C3=C2C(=O)CCC3)cc1. The van der Waals surface area contributed by atoms with Crippen molar-refractivity contribution >= 4 is 63.2 Å². The van der Waals surface area contributed by atoms with Gasteiger partial charge in [-0.3, -0.25) is 14.5 Å².